The topological polar surface area (TPSA) is 35.5 Å². The number of carbonyl (C=O) groups excluding carboxylic acids is 1. The van der Waals surface area contributed by atoms with E-state index in [1.165, 1.54) is 18.4 Å². The molecule has 0 radical (unpaired) electrons. The molecule has 5 aliphatic rings. The summed E-state index contributed by atoms with van der Waals surface area (Å²) in [5, 5.41) is 0. The van der Waals surface area contributed by atoms with E-state index in [0.717, 1.165) is 45.3 Å². The summed E-state index contributed by atoms with van der Waals surface area (Å²) in [5.74, 6) is 1.67. The largest absolute Gasteiger partial charge is 0.373 e. The van der Waals surface area contributed by atoms with Crippen molar-refractivity contribution in [3.8, 4) is 0 Å². The zero-order valence-corrected chi connectivity index (χ0v) is 14.0. The Morgan fingerprint density at radius 2 is 2.09 bits per heavy atom. The average Bonchev–Trinajstić information content (AvgIpc) is 2.87. The molecule has 3 fully saturated rings. The second-order valence-corrected chi connectivity index (χ2v) is 8.34. The van der Waals surface area contributed by atoms with Crippen molar-refractivity contribution in [3.05, 3.63) is 22.8 Å². The molecule has 0 spiro atoms. The minimum atomic E-state index is 0.246. The van der Waals surface area contributed by atoms with Gasteiger partial charge in [-0.25, -0.2) is 0 Å². The maximum Gasteiger partial charge on any atom is 0.137 e. The van der Waals surface area contributed by atoms with Crippen LogP contribution in [0.3, 0.4) is 0 Å². The van der Waals surface area contributed by atoms with E-state index in [4.69, 9.17) is 9.47 Å². The summed E-state index contributed by atoms with van der Waals surface area (Å²) in [7, 11) is 0. The number of hydrogen-bond acceptors (Lipinski definition) is 3. The molecule has 4 aliphatic carbocycles. The third kappa shape index (κ3) is 1.99. The van der Waals surface area contributed by atoms with Crippen molar-refractivity contribution < 1.29 is 14.3 Å². The van der Waals surface area contributed by atoms with Crippen LogP contribution >= 0.6 is 0 Å². The molecular formula is C20H26O3. The molecule has 1 saturated heterocycles. The molecule has 0 aromatic heterocycles. The van der Waals surface area contributed by atoms with Gasteiger partial charge in [-0.2, -0.15) is 0 Å². The zero-order valence-electron chi connectivity index (χ0n) is 14.0. The van der Waals surface area contributed by atoms with Gasteiger partial charge in [0, 0.05) is 24.2 Å². The fraction of sp³-hybridized carbons (Fsp3) is 0.750. The zero-order chi connectivity index (χ0) is 15.6. The van der Waals surface area contributed by atoms with Crippen molar-refractivity contribution in [3.63, 3.8) is 0 Å². The van der Waals surface area contributed by atoms with Crippen LogP contribution in [0.5, 0.6) is 0 Å². The van der Waals surface area contributed by atoms with E-state index < -0.39 is 0 Å². The van der Waals surface area contributed by atoms with E-state index in [0.29, 0.717) is 23.7 Å². The minimum absolute atomic E-state index is 0.246. The highest BCUT2D eigenvalue weighted by molar-refractivity contribution is 5.83. The van der Waals surface area contributed by atoms with Gasteiger partial charge < -0.3 is 9.47 Å². The second-order valence-electron chi connectivity index (χ2n) is 8.34. The molecule has 1 heterocycles. The molecule has 0 amide bonds. The molecule has 2 unspecified atom stereocenters. The quantitative estimate of drug-likeness (QED) is 0.641. The number of ketones is 1. The Kier molecular flexibility index (Phi) is 3.15. The maximum atomic E-state index is 11.8. The summed E-state index contributed by atoms with van der Waals surface area (Å²) < 4.78 is 12.2. The van der Waals surface area contributed by atoms with Crippen molar-refractivity contribution in [2.24, 2.45) is 17.3 Å². The average molecular weight is 314 g/mol. The van der Waals surface area contributed by atoms with Crippen LogP contribution in [-0.4, -0.2) is 31.2 Å². The van der Waals surface area contributed by atoms with Crippen molar-refractivity contribution in [2.75, 3.05) is 13.2 Å². The Labute approximate surface area is 138 Å². The molecule has 0 bridgehead atoms. The number of fused-ring (bicyclic) bond motifs is 6. The van der Waals surface area contributed by atoms with Crippen LogP contribution in [0.15, 0.2) is 22.8 Å². The molecule has 5 rings (SSSR count). The van der Waals surface area contributed by atoms with Gasteiger partial charge >= 0.3 is 0 Å². The summed E-state index contributed by atoms with van der Waals surface area (Å²) in [6, 6.07) is 0. The van der Waals surface area contributed by atoms with Gasteiger partial charge in [0.15, 0.2) is 0 Å². The fourth-order valence-corrected chi connectivity index (χ4v) is 6.19. The molecule has 0 aromatic rings. The lowest BCUT2D eigenvalue weighted by Gasteiger charge is -2.48. The third-order valence-corrected chi connectivity index (χ3v) is 7.28. The van der Waals surface area contributed by atoms with Crippen LogP contribution in [0.2, 0.25) is 0 Å². The minimum Gasteiger partial charge on any atom is -0.373 e. The Hall–Kier alpha value is -0.930. The summed E-state index contributed by atoms with van der Waals surface area (Å²) in [4.78, 5) is 11.8. The molecule has 0 N–H and O–H groups in total. The van der Waals surface area contributed by atoms with Gasteiger partial charge in [0.1, 0.15) is 5.78 Å². The Morgan fingerprint density at radius 1 is 1.22 bits per heavy atom. The molecule has 2 saturated carbocycles. The number of ether oxygens (including phenoxy) is 2. The first-order valence-corrected chi connectivity index (χ1v) is 9.32. The normalized spacial score (nSPS) is 45.8. The Balaban J connectivity index is 1.48. The van der Waals surface area contributed by atoms with Gasteiger partial charge in [-0.1, -0.05) is 29.7 Å². The van der Waals surface area contributed by atoms with E-state index in [9.17, 15) is 4.79 Å². The Morgan fingerprint density at radius 3 is 3.00 bits per heavy atom. The van der Waals surface area contributed by atoms with Crippen molar-refractivity contribution in [2.45, 2.75) is 64.1 Å². The van der Waals surface area contributed by atoms with Gasteiger partial charge in [0.25, 0.3) is 0 Å². The molecular weight excluding hydrogens is 288 g/mol. The van der Waals surface area contributed by atoms with Crippen molar-refractivity contribution >= 4 is 5.78 Å². The first-order valence-electron chi connectivity index (χ1n) is 9.32. The monoisotopic (exact) mass is 314 g/mol. The molecule has 3 heteroatoms. The van der Waals surface area contributed by atoms with E-state index in [-0.39, 0.29) is 11.5 Å². The number of hydrogen-bond donors (Lipinski definition) is 0. The predicted octanol–water partition coefficient (Wildman–Crippen LogP) is 3.59. The standard InChI is InChI=1S/C20H26O3/c1-20-7-6-15-14-5-3-13(21)10-12(14)2-4-16(15)17(20)11-18-19(20)23-9-8-22-18/h4,15,17-19H,2-3,5-11H2,1H3/t15-,17+,18?,19?,20+/m1/s1. The van der Waals surface area contributed by atoms with Gasteiger partial charge in [0.05, 0.1) is 25.4 Å². The summed E-state index contributed by atoms with van der Waals surface area (Å²) in [6.07, 6.45) is 10.2. The lowest BCUT2D eigenvalue weighted by atomic mass is 9.58. The van der Waals surface area contributed by atoms with Crippen LogP contribution < -0.4 is 0 Å². The molecule has 3 nitrogen and oxygen atoms in total. The smallest absolute Gasteiger partial charge is 0.137 e. The molecule has 23 heavy (non-hydrogen) atoms. The number of rotatable bonds is 0. The molecule has 5 atom stereocenters. The number of carbonyl (C=O) groups is 1. The second kappa shape index (κ2) is 5.03. The first-order chi connectivity index (χ1) is 11.2. The Bertz CT molecular complexity index is 616. The third-order valence-electron chi connectivity index (χ3n) is 7.28. The first kappa shape index (κ1) is 14.4. The molecule has 0 aromatic carbocycles. The van der Waals surface area contributed by atoms with Crippen LogP contribution in [0.4, 0.5) is 0 Å². The highest BCUT2D eigenvalue weighted by Crippen LogP contribution is 2.61. The van der Waals surface area contributed by atoms with Crippen LogP contribution in [0, 0.1) is 17.3 Å². The van der Waals surface area contributed by atoms with E-state index >= 15 is 0 Å². The maximum absolute atomic E-state index is 11.8. The summed E-state index contributed by atoms with van der Waals surface area (Å²) in [6.45, 7) is 3.94. The van der Waals surface area contributed by atoms with Gasteiger partial charge in [-0.3, -0.25) is 4.79 Å². The van der Waals surface area contributed by atoms with Crippen molar-refractivity contribution in [1.29, 1.82) is 0 Å². The van der Waals surface area contributed by atoms with Gasteiger partial charge in [-0.05, 0) is 38.0 Å². The number of Topliss-reactive ketones (excluding diaryl/α,β-unsaturated/α-hetero) is 1. The number of allylic oxidation sites excluding steroid dienone is 4. The van der Waals surface area contributed by atoms with E-state index in [1.807, 2.05) is 0 Å². The summed E-state index contributed by atoms with van der Waals surface area (Å²) >= 11 is 0. The lowest BCUT2D eigenvalue weighted by molar-refractivity contribution is -0.158. The van der Waals surface area contributed by atoms with E-state index in [1.54, 1.807) is 11.1 Å². The van der Waals surface area contributed by atoms with Crippen LogP contribution in [0.25, 0.3) is 0 Å². The van der Waals surface area contributed by atoms with E-state index in [2.05, 4.69) is 13.0 Å². The highest BCUT2D eigenvalue weighted by atomic mass is 16.6. The summed E-state index contributed by atoms with van der Waals surface area (Å²) in [5.41, 5.74) is 4.98. The molecule has 1 aliphatic heterocycles. The highest BCUT2D eigenvalue weighted by Gasteiger charge is 2.58. The fourth-order valence-electron chi connectivity index (χ4n) is 6.19. The van der Waals surface area contributed by atoms with Gasteiger partial charge in [-0.15, -0.1) is 0 Å². The van der Waals surface area contributed by atoms with Crippen LogP contribution in [0.1, 0.15) is 51.9 Å². The van der Waals surface area contributed by atoms with Crippen molar-refractivity contribution in [1.82, 2.24) is 0 Å². The van der Waals surface area contributed by atoms with Gasteiger partial charge in [0.2, 0.25) is 0 Å². The SMILES string of the molecule is C[C@]12CC[C@H]3C(=CCC4=C3CCC(=O)C4)[C@@H]1CC1OCCOC12. The van der Waals surface area contributed by atoms with Crippen LogP contribution in [-0.2, 0) is 14.3 Å². The predicted molar refractivity (Wildman–Crippen MR) is 87.0 cm³/mol. The molecule has 124 valence electrons. The lowest BCUT2D eigenvalue weighted by Crippen LogP contribution is -2.46.